The molecule has 0 aliphatic heterocycles. The Morgan fingerprint density at radius 1 is 0.157 bits per heavy atom. The summed E-state index contributed by atoms with van der Waals surface area (Å²) in [4.78, 5) is 4.74. The van der Waals surface area contributed by atoms with Crippen molar-refractivity contribution < 1.29 is 8.83 Å². The van der Waals surface area contributed by atoms with Crippen molar-refractivity contribution in [3.8, 4) is 122 Å². The van der Waals surface area contributed by atoms with Crippen molar-refractivity contribution in [3.05, 3.63) is 472 Å². The standard InChI is InChI=1S/C60H41NO.C57H41NO/c1-3-9-42(10-4-1)44-15-19-46(20-16-44)49-27-34-54(35-28-49)61(55-36-29-50(30-37-55)47-21-17-45(18-22-47)43-11-5-2-6-12-43)56-38-31-51(32-39-56)48-23-25-52(26-24-48)53-33-40-60-58(41-53)57-13-7-8-14-59(57)62-60;1-57(2)53-36-45(44-26-34-56-52(35-44)51-15-9-10-16-55(51)59-56)25-32-49(53)50-33-31-48(37-54(50)57)58(46-27-21-42(22-28-46)39-13-7-4-8-14-39)47-29-23-43(24-30-47)41-19-17-40(18-20-41)38-11-5-3-6-12-38/h1-41H;3-37H,1-2H3. The Hall–Kier alpha value is -15.6. The van der Waals surface area contributed by atoms with Crippen molar-refractivity contribution in [1.82, 2.24) is 0 Å². The third-order valence-corrected chi connectivity index (χ3v) is 24.3. The first-order valence-electron chi connectivity index (χ1n) is 41.6. The summed E-state index contributed by atoms with van der Waals surface area (Å²) in [5.74, 6) is 0. The van der Waals surface area contributed by atoms with E-state index in [1.807, 2.05) is 24.3 Å². The third-order valence-electron chi connectivity index (χ3n) is 24.3. The Morgan fingerprint density at radius 3 is 0.669 bits per heavy atom. The predicted molar refractivity (Wildman–Crippen MR) is 509 cm³/mol. The highest BCUT2D eigenvalue weighted by molar-refractivity contribution is 6.08. The summed E-state index contributed by atoms with van der Waals surface area (Å²) in [5, 5.41) is 4.58. The first-order valence-corrected chi connectivity index (χ1v) is 41.6. The van der Waals surface area contributed by atoms with Gasteiger partial charge in [0, 0.05) is 61.1 Å². The van der Waals surface area contributed by atoms with Crippen LogP contribution in [0.3, 0.4) is 0 Å². The molecule has 0 amide bonds. The molecule has 1 aliphatic rings. The van der Waals surface area contributed by atoms with Crippen LogP contribution in [-0.2, 0) is 5.41 Å². The summed E-state index contributed by atoms with van der Waals surface area (Å²) in [6.45, 7) is 4.74. The van der Waals surface area contributed by atoms with Gasteiger partial charge in [-0.25, -0.2) is 0 Å². The zero-order valence-corrected chi connectivity index (χ0v) is 67.1. The maximum Gasteiger partial charge on any atom is 0.135 e. The molecule has 0 saturated carbocycles. The highest BCUT2D eigenvalue weighted by Crippen LogP contribution is 2.53. The minimum Gasteiger partial charge on any atom is -0.456 e. The number of hydrogen-bond acceptors (Lipinski definition) is 4. The molecular weight excluding hydrogens is 1470 g/mol. The van der Waals surface area contributed by atoms with E-state index in [4.69, 9.17) is 8.83 Å². The maximum absolute atomic E-state index is 6.15. The van der Waals surface area contributed by atoms with Gasteiger partial charge in [-0.05, 0) is 249 Å². The zero-order chi connectivity index (χ0) is 80.7. The van der Waals surface area contributed by atoms with Gasteiger partial charge in [-0.2, -0.15) is 0 Å². The number of furan rings is 2. The number of anilines is 6. The fourth-order valence-electron chi connectivity index (χ4n) is 17.7. The molecule has 0 radical (unpaired) electrons. The lowest BCUT2D eigenvalue weighted by Crippen LogP contribution is -2.16. The SMILES string of the molecule is CC1(C)c2cc(-c3ccc4oc5ccccc5c4c3)ccc2-c2ccc(N(c3ccc(-c4ccccc4)cc3)c3ccc(-c4ccc(-c5ccccc5)cc4)cc3)cc21.c1ccc(-c2ccc(-c3ccc(N(c4ccc(-c5ccc(-c6ccccc6)cc5)cc4)c4ccc(-c5ccc(-c6ccc7oc8ccccc8c7c6)cc5)cc4)cc3)cc2)cc1. The van der Waals surface area contributed by atoms with Crippen LogP contribution in [0.4, 0.5) is 34.1 Å². The van der Waals surface area contributed by atoms with Crippen molar-refractivity contribution in [2.24, 2.45) is 0 Å². The normalized spacial score (nSPS) is 12.0. The minimum absolute atomic E-state index is 0.207. The lowest BCUT2D eigenvalue weighted by molar-refractivity contribution is 0.660. The summed E-state index contributed by atoms with van der Waals surface area (Å²) < 4.78 is 12.2. The summed E-state index contributed by atoms with van der Waals surface area (Å²) in [6, 6.07) is 166. The Labute approximate surface area is 705 Å². The monoisotopic (exact) mass is 1550 g/mol. The predicted octanol–water partition coefficient (Wildman–Crippen LogP) is 33.1. The molecule has 2 aromatic heterocycles. The molecule has 19 aromatic carbocycles. The van der Waals surface area contributed by atoms with E-state index in [0.717, 1.165) is 78.0 Å². The highest BCUT2D eigenvalue weighted by atomic mass is 16.3. The number of benzene rings is 19. The molecule has 2 heterocycles. The van der Waals surface area contributed by atoms with E-state index < -0.39 is 0 Å². The summed E-state index contributed by atoms with van der Waals surface area (Å²) >= 11 is 0. The highest BCUT2D eigenvalue weighted by Gasteiger charge is 2.37. The topological polar surface area (TPSA) is 32.8 Å². The molecule has 0 atom stereocenters. The Bertz CT molecular complexity index is 7160. The van der Waals surface area contributed by atoms with E-state index in [9.17, 15) is 0 Å². The second-order valence-corrected chi connectivity index (χ2v) is 31.9. The van der Waals surface area contributed by atoms with Crippen LogP contribution < -0.4 is 9.80 Å². The molecule has 21 aromatic rings. The Balaban J connectivity index is 0.000000150. The van der Waals surface area contributed by atoms with Gasteiger partial charge in [0.1, 0.15) is 22.3 Å². The molecule has 572 valence electrons. The van der Waals surface area contributed by atoms with Crippen LogP contribution in [0.2, 0.25) is 0 Å². The average molecular weight is 1550 g/mol. The molecule has 0 unspecified atom stereocenters. The molecule has 0 N–H and O–H groups in total. The molecule has 4 heteroatoms. The molecule has 0 bridgehead atoms. The smallest absolute Gasteiger partial charge is 0.135 e. The Kier molecular flexibility index (Phi) is 19.0. The van der Waals surface area contributed by atoms with Gasteiger partial charge in [-0.3, -0.25) is 0 Å². The molecule has 0 fully saturated rings. The summed E-state index contributed by atoms with van der Waals surface area (Å²) in [6.07, 6.45) is 0. The number of rotatable bonds is 16. The van der Waals surface area contributed by atoms with Crippen molar-refractivity contribution >= 4 is 78.0 Å². The fourth-order valence-corrected chi connectivity index (χ4v) is 17.7. The molecule has 0 saturated heterocycles. The van der Waals surface area contributed by atoms with E-state index >= 15 is 0 Å². The van der Waals surface area contributed by atoms with Crippen LogP contribution in [0, 0.1) is 0 Å². The van der Waals surface area contributed by atoms with E-state index in [1.54, 1.807) is 0 Å². The Morgan fingerprint density at radius 2 is 0.355 bits per heavy atom. The average Bonchev–Trinajstić information content (AvgIpc) is 1.57. The van der Waals surface area contributed by atoms with Crippen LogP contribution in [0.15, 0.2) is 470 Å². The van der Waals surface area contributed by atoms with E-state index in [0.29, 0.717) is 0 Å². The molecule has 0 spiro atoms. The van der Waals surface area contributed by atoms with Crippen molar-refractivity contribution in [2.75, 3.05) is 9.80 Å². The van der Waals surface area contributed by atoms with Crippen LogP contribution >= 0.6 is 0 Å². The molecule has 121 heavy (non-hydrogen) atoms. The van der Waals surface area contributed by atoms with Gasteiger partial charge in [0.25, 0.3) is 0 Å². The number of fused-ring (bicyclic) bond motifs is 9. The number of para-hydroxylation sites is 2. The second-order valence-electron chi connectivity index (χ2n) is 31.9. The van der Waals surface area contributed by atoms with Crippen molar-refractivity contribution in [2.45, 2.75) is 19.3 Å². The van der Waals surface area contributed by atoms with E-state index in [-0.39, 0.29) is 5.41 Å². The molecule has 1 aliphatic carbocycles. The fraction of sp³-hybridized carbons (Fsp3) is 0.0256. The van der Waals surface area contributed by atoms with Gasteiger partial charge in [0.05, 0.1) is 0 Å². The van der Waals surface area contributed by atoms with Gasteiger partial charge in [0.15, 0.2) is 0 Å². The summed E-state index contributed by atoms with van der Waals surface area (Å²) in [7, 11) is 0. The first-order chi connectivity index (χ1) is 59.7. The van der Waals surface area contributed by atoms with Crippen LogP contribution in [0.25, 0.3) is 166 Å². The number of nitrogens with zero attached hydrogens (tertiary/aromatic N) is 2. The molecule has 4 nitrogen and oxygen atoms in total. The van der Waals surface area contributed by atoms with Crippen molar-refractivity contribution in [3.63, 3.8) is 0 Å². The second kappa shape index (κ2) is 31.4. The summed E-state index contributed by atoms with van der Waals surface area (Å²) in [5.41, 5.74) is 39.3. The van der Waals surface area contributed by atoms with Gasteiger partial charge in [-0.1, -0.05) is 360 Å². The van der Waals surface area contributed by atoms with Gasteiger partial charge < -0.3 is 18.6 Å². The van der Waals surface area contributed by atoms with E-state index in [1.165, 1.54) is 134 Å². The lowest BCUT2D eigenvalue weighted by atomic mass is 9.81. The maximum atomic E-state index is 6.15. The van der Waals surface area contributed by atoms with Gasteiger partial charge >= 0.3 is 0 Å². The molecule has 22 rings (SSSR count). The number of hydrogen-bond donors (Lipinski definition) is 0. The zero-order valence-electron chi connectivity index (χ0n) is 67.1. The van der Waals surface area contributed by atoms with Crippen molar-refractivity contribution in [1.29, 1.82) is 0 Å². The lowest BCUT2D eigenvalue weighted by Gasteiger charge is -2.28. The van der Waals surface area contributed by atoms with Gasteiger partial charge in [-0.15, -0.1) is 0 Å². The van der Waals surface area contributed by atoms with Crippen LogP contribution in [-0.4, -0.2) is 0 Å². The molecular formula is C117H82N2O2. The van der Waals surface area contributed by atoms with Crippen LogP contribution in [0.5, 0.6) is 0 Å². The minimum atomic E-state index is -0.207. The first kappa shape index (κ1) is 73.0. The van der Waals surface area contributed by atoms with Gasteiger partial charge in [0.2, 0.25) is 0 Å². The van der Waals surface area contributed by atoms with E-state index in [2.05, 4.69) is 460 Å². The largest absolute Gasteiger partial charge is 0.456 e. The quantitative estimate of drug-likeness (QED) is 0.0965. The third kappa shape index (κ3) is 14.3. The van der Waals surface area contributed by atoms with Crippen LogP contribution in [0.1, 0.15) is 25.0 Å².